The fourth-order valence-electron chi connectivity index (χ4n) is 3.66. The molecule has 6 nitrogen and oxygen atoms in total. The predicted molar refractivity (Wildman–Crippen MR) is 113 cm³/mol. The molecule has 6 heteroatoms. The molecule has 1 aromatic rings. The van der Waals surface area contributed by atoms with Gasteiger partial charge in [-0.25, -0.2) is 4.98 Å². The van der Waals surface area contributed by atoms with Gasteiger partial charge in [-0.1, -0.05) is 11.6 Å². The van der Waals surface area contributed by atoms with Crippen LogP contribution in [-0.4, -0.2) is 62.7 Å². The van der Waals surface area contributed by atoms with E-state index in [9.17, 15) is 0 Å². The SMILES string of the molecule is CN=C(NCCC1=CCCCC1)NCc1ccnc(N2CCN(C)CC2)c1. The Morgan fingerprint density at radius 2 is 2.04 bits per heavy atom. The lowest BCUT2D eigenvalue weighted by Gasteiger charge is -2.33. The van der Waals surface area contributed by atoms with E-state index >= 15 is 0 Å². The average Bonchev–Trinajstić information content (AvgIpc) is 2.72. The van der Waals surface area contributed by atoms with Crippen LogP contribution in [0.1, 0.15) is 37.7 Å². The van der Waals surface area contributed by atoms with Crippen molar-refractivity contribution in [3.8, 4) is 0 Å². The largest absolute Gasteiger partial charge is 0.356 e. The molecule has 2 aliphatic rings. The number of anilines is 1. The van der Waals surface area contributed by atoms with Gasteiger partial charge < -0.3 is 20.4 Å². The first kappa shape index (κ1) is 19.7. The van der Waals surface area contributed by atoms with Gasteiger partial charge in [0.15, 0.2) is 5.96 Å². The van der Waals surface area contributed by atoms with E-state index in [0.29, 0.717) is 0 Å². The highest BCUT2D eigenvalue weighted by atomic mass is 15.3. The molecule has 1 aliphatic carbocycles. The van der Waals surface area contributed by atoms with Crippen LogP contribution in [0.5, 0.6) is 0 Å². The number of nitrogens with zero attached hydrogens (tertiary/aromatic N) is 4. The number of guanidine groups is 1. The van der Waals surface area contributed by atoms with Crippen LogP contribution in [0.2, 0.25) is 0 Å². The van der Waals surface area contributed by atoms with Crippen molar-refractivity contribution in [2.24, 2.45) is 4.99 Å². The van der Waals surface area contributed by atoms with E-state index in [-0.39, 0.29) is 0 Å². The molecule has 0 saturated carbocycles. The molecule has 2 heterocycles. The third kappa shape index (κ3) is 6.24. The van der Waals surface area contributed by atoms with Gasteiger partial charge in [-0.3, -0.25) is 4.99 Å². The number of aromatic nitrogens is 1. The lowest BCUT2D eigenvalue weighted by Crippen LogP contribution is -2.44. The van der Waals surface area contributed by atoms with Gasteiger partial charge in [0.1, 0.15) is 5.82 Å². The summed E-state index contributed by atoms with van der Waals surface area (Å²) >= 11 is 0. The van der Waals surface area contributed by atoms with Gasteiger partial charge in [-0.15, -0.1) is 0 Å². The minimum Gasteiger partial charge on any atom is -0.356 e. The van der Waals surface area contributed by atoms with Crippen molar-refractivity contribution < 1.29 is 0 Å². The van der Waals surface area contributed by atoms with E-state index in [2.05, 4.69) is 55.7 Å². The van der Waals surface area contributed by atoms with Crippen LogP contribution in [0.4, 0.5) is 5.82 Å². The molecule has 1 saturated heterocycles. The van der Waals surface area contributed by atoms with Gasteiger partial charge in [-0.05, 0) is 56.8 Å². The number of allylic oxidation sites excluding steroid dienone is 1. The van der Waals surface area contributed by atoms with Gasteiger partial charge in [-0.2, -0.15) is 0 Å². The molecule has 0 unspecified atom stereocenters. The first-order valence-corrected chi connectivity index (χ1v) is 10.3. The van der Waals surface area contributed by atoms with Crippen molar-refractivity contribution in [1.82, 2.24) is 20.5 Å². The Kier molecular flexibility index (Phi) is 7.51. The van der Waals surface area contributed by atoms with Crippen LogP contribution < -0.4 is 15.5 Å². The van der Waals surface area contributed by atoms with Gasteiger partial charge >= 0.3 is 0 Å². The predicted octanol–water partition coefficient (Wildman–Crippen LogP) is 2.39. The summed E-state index contributed by atoms with van der Waals surface area (Å²) in [5.74, 6) is 1.94. The molecule has 0 radical (unpaired) electrons. The fourth-order valence-corrected chi connectivity index (χ4v) is 3.66. The van der Waals surface area contributed by atoms with Gasteiger partial charge in [0.2, 0.25) is 0 Å². The molecule has 1 aromatic heterocycles. The molecular weight excluding hydrogens is 336 g/mol. The lowest BCUT2D eigenvalue weighted by atomic mass is 9.97. The number of likely N-dealkylation sites (N-methyl/N-ethyl adjacent to an activating group) is 1. The Bertz CT molecular complexity index is 646. The number of piperazine rings is 1. The number of nitrogens with one attached hydrogen (secondary N) is 2. The van der Waals surface area contributed by atoms with E-state index in [0.717, 1.165) is 57.5 Å². The van der Waals surface area contributed by atoms with Crippen molar-refractivity contribution in [3.05, 3.63) is 35.5 Å². The topological polar surface area (TPSA) is 55.8 Å². The van der Waals surface area contributed by atoms with Crippen LogP contribution in [0, 0.1) is 0 Å². The van der Waals surface area contributed by atoms with Crippen LogP contribution >= 0.6 is 0 Å². The smallest absolute Gasteiger partial charge is 0.191 e. The van der Waals surface area contributed by atoms with Gasteiger partial charge in [0.25, 0.3) is 0 Å². The molecule has 0 bridgehead atoms. The molecule has 148 valence electrons. The highest BCUT2D eigenvalue weighted by Gasteiger charge is 2.15. The van der Waals surface area contributed by atoms with Gasteiger partial charge in [0.05, 0.1) is 0 Å². The van der Waals surface area contributed by atoms with Crippen molar-refractivity contribution in [2.75, 3.05) is 51.7 Å². The molecule has 27 heavy (non-hydrogen) atoms. The third-order valence-corrected chi connectivity index (χ3v) is 5.44. The zero-order valence-corrected chi connectivity index (χ0v) is 16.9. The Balaban J connectivity index is 1.45. The summed E-state index contributed by atoms with van der Waals surface area (Å²) in [5.41, 5.74) is 2.83. The standard InChI is InChI=1S/C21H34N6/c1-22-21(24-11-8-18-6-4-3-5-7-18)25-17-19-9-10-23-20(16-19)27-14-12-26(2)13-15-27/h6,9-10,16H,3-5,7-8,11-15,17H2,1-2H3,(H2,22,24,25). The monoisotopic (exact) mass is 370 g/mol. The van der Waals surface area contributed by atoms with Crippen molar-refractivity contribution in [2.45, 2.75) is 38.6 Å². The fraction of sp³-hybridized carbons (Fsp3) is 0.619. The Labute approximate surface area is 163 Å². The molecule has 0 aromatic carbocycles. The molecular formula is C21H34N6. The second-order valence-corrected chi connectivity index (χ2v) is 7.52. The normalized spacial score (nSPS) is 19.0. The van der Waals surface area contributed by atoms with Crippen molar-refractivity contribution in [1.29, 1.82) is 0 Å². The molecule has 2 N–H and O–H groups in total. The minimum atomic E-state index is 0.756. The number of rotatable bonds is 6. The van der Waals surface area contributed by atoms with E-state index in [4.69, 9.17) is 0 Å². The summed E-state index contributed by atoms with van der Waals surface area (Å²) in [6.07, 6.45) is 10.6. The van der Waals surface area contributed by atoms with Crippen LogP contribution in [0.15, 0.2) is 35.0 Å². The highest BCUT2D eigenvalue weighted by Crippen LogP contribution is 2.19. The zero-order chi connectivity index (χ0) is 18.9. The molecule has 1 aliphatic heterocycles. The van der Waals surface area contributed by atoms with E-state index in [1.165, 1.54) is 31.2 Å². The third-order valence-electron chi connectivity index (χ3n) is 5.44. The van der Waals surface area contributed by atoms with Crippen LogP contribution in [-0.2, 0) is 6.54 Å². The summed E-state index contributed by atoms with van der Waals surface area (Å²) < 4.78 is 0. The number of aliphatic imine (C=N–C) groups is 1. The van der Waals surface area contributed by atoms with Crippen LogP contribution in [0.3, 0.4) is 0 Å². The zero-order valence-electron chi connectivity index (χ0n) is 16.9. The first-order chi connectivity index (χ1) is 13.2. The summed E-state index contributed by atoms with van der Waals surface area (Å²) in [6.45, 7) is 5.97. The highest BCUT2D eigenvalue weighted by molar-refractivity contribution is 5.79. The summed E-state index contributed by atoms with van der Waals surface area (Å²) in [5, 5.41) is 6.86. The molecule has 0 spiro atoms. The van der Waals surface area contributed by atoms with E-state index < -0.39 is 0 Å². The van der Waals surface area contributed by atoms with Crippen LogP contribution in [0.25, 0.3) is 0 Å². The Morgan fingerprint density at radius 3 is 2.78 bits per heavy atom. The number of pyridine rings is 1. The molecule has 0 amide bonds. The molecule has 1 fully saturated rings. The van der Waals surface area contributed by atoms with Crippen molar-refractivity contribution >= 4 is 11.8 Å². The molecule has 3 rings (SSSR count). The Morgan fingerprint density at radius 1 is 1.19 bits per heavy atom. The minimum absolute atomic E-state index is 0.756. The maximum absolute atomic E-state index is 4.56. The van der Waals surface area contributed by atoms with E-state index in [1.807, 2.05) is 13.2 Å². The molecule has 0 atom stereocenters. The Hall–Kier alpha value is -2.08. The lowest BCUT2D eigenvalue weighted by molar-refractivity contribution is 0.312. The maximum atomic E-state index is 4.56. The summed E-state index contributed by atoms with van der Waals surface area (Å²) in [4.78, 5) is 13.6. The van der Waals surface area contributed by atoms with E-state index in [1.54, 1.807) is 5.57 Å². The first-order valence-electron chi connectivity index (χ1n) is 10.3. The average molecular weight is 371 g/mol. The number of hydrogen-bond acceptors (Lipinski definition) is 4. The van der Waals surface area contributed by atoms with Crippen molar-refractivity contribution in [3.63, 3.8) is 0 Å². The second-order valence-electron chi connectivity index (χ2n) is 7.52. The summed E-state index contributed by atoms with van der Waals surface area (Å²) in [7, 11) is 4.01. The summed E-state index contributed by atoms with van der Waals surface area (Å²) in [6, 6.07) is 4.27. The maximum Gasteiger partial charge on any atom is 0.191 e. The second kappa shape index (κ2) is 10.3. The van der Waals surface area contributed by atoms with Gasteiger partial charge in [0, 0.05) is 52.5 Å². The quantitative estimate of drug-likeness (QED) is 0.457. The number of hydrogen-bond donors (Lipinski definition) is 2.